The molecule has 0 atom stereocenters. The van der Waals surface area contributed by atoms with Crippen molar-refractivity contribution in [1.82, 2.24) is 10.2 Å². The molecule has 1 rings (SSSR count). The number of nitrogens with two attached hydrogens (primary N) is 1. The summed E-state index contributed by atoms with van der Waals surface area (Å²) in [7, 11) is 0. The molecule has 0 heterocycles. The fourth-order valence-electron chi connectivity index (χ4n) is 3.10. The van der Waals surface area contributed by atoms with Crippen LogP contribution in [0.15, 0.2) is 0 Å². The van der Waals surface area contributed by atoms with Crippen molar-refractivity contribution in [2.75, 3.05) is 32.7 Å². The van der Waals surface area contributed by atoms with Crippen LogP contribution in [-0.4, -0.2) is 43.5 Å². The van der Waals surface area contributed by atoms with Gasteiger partial charge in [-0.15, -0.1) is 0 Å². The lowest BCUT2D eigenvalue weighted by atomic mass is 9.70. The van der Waals surface area contributed by atoms with E-state index in [0.717, 1.165) is 64.2 Å². The van der Waals surface area contributed by atoms with Crippen LogP contribution in [-0.2, 0) is 4.79 Å². The molecule has 20 heavy (non-hydrogen) atoms. The summed E-state index contributed by atoms with van der Waals surface area (Å²) < 4.78 is 0. The maximum absolute atomic E-state index is 12.5. The monoisotopic (exact) mass is 283 g/mol. The summed E-state index contributed by atoms with van der Waals surface area (Å²) in [5.41, 5.74) is 5.62. The third kappa shape index (κ3) is 4.74. The molecule has 0 aromatic rings. The topological polar surface area (TPSA) is 58.4 Å². The first-order valence-electron chi connectivity index (χ1n) is 8.28. The van der Waals surface area contributed by atoms with Gasteiger partial charge in [-0.1, -0.05) is 20.8 Å². The zero-order valence-corrected chi connectivity index (χ0v) is 13.6. The molecule has 1 aliphatic carbocycles. The van der Waals surface area contributed by atoms with Gasteiger partial charge in [-0.05, 0) is 51.1 Å². The van der Waals surface area contributed by atoms with E-state index < -0.39 is 0 Å². The van der Waals surface area contributed by atoms with Crippen LogP contribution < -0.4 is 11.1 Å². The van der Waals surface area contributed by atoms with E-state index in [1.54, 1.807) is 0 Å². The van der Waals surface area contributed by atoms with Crippen LogP contribution in [0.4, 0.5) is 0 Å². The van der Waals surface area contributed by atoms with Gasteiger partial charge in [0.15, 0.2) is 0 Å². The van der Waals surface area contributed by atoms with Crippen molar-refractivity contribution in [1.29, 1.82) is 0 Å². The van der Waals surface area contributed by atoms with Crippen molar-refractivity contribution in [3.63, 3.8) is 0 Å². The van der Waals surface area contributed by atoms with Gasteiger partial charge >= 0.3 is 0 Å². The molecule has 0 spiro atoms. The number of hydrogen-bond donors (Lipinski definition) is 2. The highest BCUT2D eigenvalue weighted by Crippen LogP contribution is 2.38. The zero-order valence-electron chi connectivity index (χ0n) is 13.6. The van der Waals surface area contributed by atoms with Gasteiger partial charge in [-0.2, -0.15) is 0 Å². The molecular weight excluding hydrogens is 250 g/mol. The maximum Gasteiger partial charge on any atom is 0.227 e. The number of nitrogens with one attached hydrogen (secondary N) is 1. The van der Waals surface area contributed by atoms with Crippen LogP contribution in [0.2, 0.25) is 0 Å². The largest absolute Gasteiger partial charge is 0.354 e. The molecule has 118 valence electrons. The molecule has 0 bridgehead atoms. The molecular formula is C16H33N3O. The van der Waals surface area contributed by atoms with Gasteiger partial charge in [0.25, 0.3) is 0 Å². The summed E-state index contributed by atoms with van der Waals surface area (Å²) in [6.07, 6.45) is 5.31. The number of likely N-dealkylation sites (N-methyl/N-ethyl adjacent to an activating group) is 1. The lowest BCUT2D eigenvalue weighted by Gasteiger charge is -2.37. The number of amides is 1. The number of carbonyl (C=O) groups excluding carboxylic acids is 1. The van der Waals surface area contributed by atoms with Crippen LogP contribution in [0.1, 0.15) is 52.9 Å². The number of rotatable bonds is 8. The van der Waals surface area contributed by atoms with Gasteiger partial charge in [0.2, 0.25) is 5.91 Å². The van der Waals surface area contributed by atoms with Crippen LogP contribution in [0.25, 0.3) is 0 Å². The Labute approximate surface area is 124 Å². The standard InChI is InChI=1S/C16H33N3O/c1-4-11-19(5-2)12-10-18-15(20)16(13-17)8-6-14(3)7-9-16/h14H,4-13,17H2,1-3H3,(H,18,20). The van der Waals surface area contributed by atoms with Gasteiger partial charge in [-0.25, -0.2) is 0 Å². The average molecular weight is 283 g/mol. The minimum Gasteiger partial charge on any atom is -0.354 e. The van der Waals surface area contributed by atoms with E-state index in [1.165, 1.54) is 0 Å². The zero-order chi connectivity index (χ0) is 15.0. The highest BCUT2D eigenvalue weighted by Gasteiger charge is 2.39. The van der Waals surface area contributed by atoms with Crippen LogP contribution in [0.5, 0.6) is 0 Å². The van der Waals surface area contributed by atoms with Crippen LogP contribution >= 0.6 is 0 Å². The SMILES string of the molecule is CCCN(CC)CCNC(=O)C1(CN)CCC(C)CC1. The summed E-state index contributed by atoms with van der Waals surface area (Å²) in [5, 5.41) is 3.12. The highest BCUT2D eigenvalue weighted by atomic mass is 16.2. The molecule has 0 aromatic heterocycles. The number of hydrogen-bond acceptors (Lipinski definition) is 3. The first-order chi connectivity index (χ1) is 9.57. The third-order valence-corrected chi connectivity index (χ3v) is 4.80. The van der Waals surface area contributed by atoms with E-state index >= 15 is 0 Å². The van der Waals surface area contributed by atoms with E-state index in [0.29, 0.717) is 6.54 Å². The van der Waals surface area contributed by atoms with E-state index in [2.05, 4.69) is 31.0 Å². The quantitative estimate of drug-likeness (QED) is 0.716. The van der Waals surface area contributed by atoms with Crippen LogP contribution in [0.3, 0.4) is 0 Å². The Balaban J connectivity index is 2.40. The first-order valence-corrected chi connectivity index (χ1v) is 8.28. The fourth-order valence-corrected chi connectivity index (χ4v) is 3.10. The molecule has 0 aliphatic heterocycles. The summed E-state index contributed by atoms with van der Waals surface area (Å²) in [4.78, 5) is 14.8. The molecule has 0 saturated heterocycles. The molecule has 1 fully saturated rings. The molecule has 3 N–H and O–H groups in total. The Bertz CT molecular complexity index is 285. The van der Waals surface area contributed by atoms with Gasteiger partial charge < -0.3 is 16.0 Å². The molecule has 0 radical (unpaired) electrons. The Morgan fingerprint density at radius 2 is 1.95 bits per heavy atom. The second-order valence-corrected chi connectivity index (χ2v) is 6.36. The van der Waals surface area contributed by atoms with E-state index in [-0.39, 0.29) is 11.3 Å². The van der Waals surface area contributed by atoms with Crippen molar-refractivity contribution in [2.45, 2.75) is 52.9 Å². The highest BCUT2D eigenvalue weighted by molar-refractivity contribution is 5.83. The van der Waals surface area contributed by atoms with Gasteiger partial charge in [0.1, 0.15) is 0 Å². The second kappa shape index (κ2) is 8.63. The van der Waals surface area contributed by atoms with Gasteiger partial charge in [0, 0.05) is 19.6 Å². The van der Waals surface area contributed by atoms with E-state index in [4.69, 9.17) is 5.73 Å². The third-order valence-electron chi connectivity index (χ3n) is 4.80. The minimum atomic E-state index is -0.297. The molecule has 1 amide bonds. The average Bonchev–Trinajstić information content (AvgIpc) is 2.47. The summed E-state index contributed by atoms with van der Waals surface area (Å²) >= 11 is 0. The predicted molar refractivity (Wildman–Crippen MR) is 84.5 cm³/mol. The van der Waals surface area contributed by atoms with Crippen molar-refractivity contribution < 1.29 is 4.79 Å². The van der Waals surface area contributed by atoms with Gasteiger partial charge in [0.05, 0.1) is 5.41 Å². The number of nitrogens with zero attached hydrogens (tertiary/aromatic N) is 1. The molecule has 1 saturated carbocycles. The summed E-state index contributed by atoms with van der Waals surface area (Å²) in [6, 6.07) is 0. The van der Waals surface area contributed by atoms with Crippen molar-refractivity contribution in [2.24, 2.45) is 17.1 Å². The van der Waals surface area contributed by atoms with Gasteiger partial charge in [-0.3, -0.25) is 4.79 Å². The maximum atomic E-state index is 12.5. The Hall–Kier alpha value is -0.610. The number of carbonyl (C=O) groups is 1. The fraction of sp³-hybridized carbons (Fsp3) is 0.938. The van der Waals surface area contributed by atoms with Crippen molar-refractivity contribution in [3.05, 3.63) is 0 Å². The van der Waals surface area contributed by atoms with Crippen molar-refractivity contribution in [3.8, 4) is 0 Å². The molecule has 1 aliphatic rings. The molecule has 0 unspecified atom stereocenters. The van der Waals surface area contributed by atoms with Crippen LogP contribution in [0, 0.1) is 11.3 Å². The van der Waals surface area contributed by atoms with E-state index in [9.17, 15) is 4.79 Å². The first kappa shape index (κ1) is 17.4. The summed E-state index contributed by atoms with van der Waals surface area (Å²) in [5.74, 6) is 0.919. The molecule has 0 aromatic carbocycles. The van der Waals surface area contributed by atoms with E-state index in [1.807, 2.05) is 0 Å². The Kier molecular flexibility index (Phi) is 7.52. The second-order valence-electron chi connectivity index (χ2n) is 6.36. The molecule has 4 heteroatoms. The Morgan fingerprint density at radius 1 is 1.30 bits per heavy atom. The Morgan fingerprint density at radius 3 is 2.45 bits per heavy atom. The smallest absolute Gasteiger partial charge is 0.227 e. The van der Waals surface area contributed by atoms with Crippen molar-refractivity contribution >= 4 is 5.91 Å². The normalized spacial score (nSPS) is 26.8. The predicted octanol–water partition coefficient (Wildman–Crippen LogP) is 1.99. The summed E-state index contributed by atoms with van der Waals surface area (Å²) in [6.45, 7) is 10.9. The lowest BCUT2D eigenvalue weighted by molar-refractivity contribution is -0.132. The molecule has 4 nitrogen and oxygen atoms in total. The minimum absolute atomic E-state index is 0.180. The lowest BCUT2D eigenvalue weighted by Crippen LogP contribution is -2.49.